The van der Waals surface area contributed by atoms with Crippen LogP contribution in [0, 0.1) is 5.92 Å². The van der Waals surface area contributed by atoms with Crippen LogP contribution in [0.2, 0.25) is 0 Å². The quantitative estimate of drug-likeness (QED) is 0.0222. The van der Waals surface area contributed by atoms with Crippen LogP contribution in [0.4, 0.5) is 0 Å². The van der Waals surface area contributed by atoms with E-state index in [0.717, 1.165) is 109 Å². The largest absolute Gasteiger partial charge is 0.472 e. The summed E-state index contributed by atoms with van der Waals surface area (Å²) in [6.07, 6.45) is 43.1. The molecule has 0 fully saturated rings. The average Bonchev–Trinajstić information content (AvgIpc) is 3.58. The van der Waals surface area contributed by atoms with Crippen molar-refractivity contribution in [1.82, 2.24) is 0 Å². The summed E-state index contributed by atoms with van der Waals surface area (Å²) in [5.41, 5.74) is 0. The molecule has 0 aromatic rings. The molecule has 0 radical (unpaired) electrons. The van der Waals surface area contributed by atoms with Crippen LogP contribution in [0.3, 0.4) is 0 Å². The predicted octanol–water partition coefficient (Wildman–Crippen LogP) is 18.2. The van der Waals surface area contributed by atoms with Gasteiger partial charge in [-0.2, -0.15) is 0 Å². The first-order valence-corrected chi connectivity index (χ1v) is 37.2. The molecule has 0 aliphatic carbocycles. The first-order chi connectivity index (χ1) is 40.6. The Labute approximate surface area is 511 Å². The van der Waals surface area contributed by atoms with Crippen molar-refractivity contribution >= 4 is 39.5 Å². The average molecular weight is 1240 g/mol. The molecule has 0 rings (SSSR count). The van der Waals surface area contributed by atoms with E-state index in [1.54, 1.807) is 0 Å². The molecule has 0 aromatic heterocycles. The SMILES string of the molecule is CCCCCCCCCCCCCCCCC(=O)O[C@H](COC(=O)CCCCCCCCCCCCCCC)COP(=O)(O)OC[C@@H](O)COP(=O)(O)OC[C@@H](COC(=O)CCCCCCCCC)OC(=O)CCCCCCCCC(C)CC. The number of carbonyl (C=O) groups excluding carboxylic acids is 4. The fourth-order valence-electron chi connectivity index (χ4n) is 9.73. The van der Waals surface area contributed by atoms with Crippen LogP contribution in [-0.2, 0) is 65.4 Å². The lowest BCUT2D eigenvalue weighted by molar-refractivity contribution is -0.161. The zero-order valence-electron chi connectivity index (χ0n) is 54.0. The van der Waals surface area contributed by atoms with Crippen LogP contribution in [0.15, 0.2) is 0 Å². The molecule has 3 N–H and O–H groups in total. The molecular weight excluding hydrogens is 1110 g/mol. The van der Waals surface area contributed by atoms with Gasteiger partial charge in [0, 0.05) is 25.7 Å². The van der Waals surface area contributed by atoms with Crippen molar-refractivity contribution in [2.24, 2.45) is 5.92 Å². The number of aliphatic hydroxyl groups is 1. The Morgan fingerprint density at radius 1 is 0.333 bits per heavy atom. The number of carbonyl (C=O) groups is 4. The minimum Gasteiger partial charge on any atom is -0.462 e. The summed E-state index contributed by atoms with van der Waals surface area (Å²) < 4.78 is 68.0. The highest BCUT2D eigenvalue weighted by molar-refractivity contribution is 7.47. The number of unbranched alkanes of at least 4 members (excludes halogenated alkanes) is 36. The summed E-state index contributed by atoms with van der Waals surface area (Å²) in [5.74, 6) is -1.41. The predicted molar refractivity (Wildman–Crippen MR) is 335 cm³/mol. The van der Waals surface area contributed by atoms with Crippen LogP contribution >= 0.6 is 15.6 Å². The molecule has 0 saturated carbocycles. The third kappa shape index (κ3) is 57.8. The molecule has 0 aliphatic heterocycles. The van der Waals surface area contributed by atoms with Crippen LogP contribution in [0.25, 0.3) is 0 Å². The van der Waals surface area contributed by atoms with Crippen LogP contribution in [-0.4, -0.2) is 96.7 Å². The second-order valence-corrected chi connectivity index (χ2v) is 26.7. The van der Waals surface area contributed by atoms with E-state index in [9.17, 15) is 43.2 Å². The van der Waals surface area contributed by atoms with Gasteiger partial charge in [-0.3, -0.25) is 37.3 Å². The fourth-order valence-corrected chi connectivity index (χ4v) is 11.3. The van der Waals surface area contributed by atoms with Crippen molar-refractivity contribution in [2.75, 3.05) is 39.6 Å². The summed E-state index contributed by atoms with van der Waals surface area (Å²) in [7, 11) is -9.88. The maximum atomic E-state index is 13.0. The molecule has 0 aliphatic rings. The zero-order valence-corrected chi connectivity index (χ0v) is 55.8. The van der Waals surface area contributed by atoms with Crippen molar-refractivity contribution in [3.63, 3.8) is 0 Å². The van der Waals surface area contributed by atoms with Gasteiger partial charge in [-0.15, -0.1) is 0 Å². The summed E-state index contributed by atoms with van der Waals surface area (Å²) in [6.45, 7) is 7.12. The Bertz CT molecular complexity index is 1640. The first-order valence-electron chi connectivity index (χ1n) is 34.2. The Hall–Kier alpha value is -1.94. The first kappa shape index (κ1) is 82.1. The topological polar surface area (TPSA) is 237 Å². The number of hydrogen-bond acceptors (Lipinski definition) is 15. The van der Waals surface area contributed by atoms with Crippen molar-refractivity contribution in [3.05, 3.63) is 0 Å². The van der Waals surface area contributed by atoms with Crippen LogP contribution < -0.4 is 0 Å². The van der Waals surface area contributed by atoms with Gasteiger partial charge in [0.2, 0.25) is 0 Å². The van der Waals surface area contributed by atoms with Gasteiger partial charge in [-0.05, 0) is 31.6 Å². The van der Waals surface area contributed by atoms with Crippen molar-refractivity contribution in [1.29, 1.82) is 0 Å². The monoisotopic (exact) mass is 1240 g/mol. The Morgan fingerprint density at radius 3 is 0.845 bits per heavy atom. The molecule has 17 nitrogen and oxygen atoms in total. The highest BCUT2D eigenvalue weighted by Gasteiger charge is 2.30. The molecular formula is C65H126O17P2. The number of rotatable bonds is 65. The summed E-state index contributed by atoms with van der Waals surface area (Å²) in [4.78, 5) is 72.2. The highest BCUT2D eigenvalue weighted by atomic mass is 31.2. The number of esters is 4. The van der Waals surface area contributed by atoms with Crippen molar-refractivity contribution < 1.29 is 80.2 Å². The Morgan fingerprint density at radius 2 is 0.571 bits per heavy atom. The van der Waals surface area contributed by atoms with Gasteiger partial charge in [-0.25, -0.2) is 9.13 Å². The number of aliphatic hydroxyl groups excluding tert-OH is 1. The smallest absolute Gasteiger partial charge is 0.462 e. The molecule has 19 heteroatoms. The third-order valence-electron chi connectivity index (χ3n) is 15.4. The van der Waals surface area contributed by atoms with Gasteiger partial charge < -0.3 is 33.8 Å². The van der Waals surface area contributed by atoms with E-state index in [4.69, 9.17) is 37.0 Å². The van der Waals surface area contributed by atoms with Gasteiger partial charge in [0.05, 0.1) is 26.4 Å². The number of phosphoric acid groups is 2. The number of ether oxygens (including phenoxy) is 4. The van der Waals surface area contributed by atoms with Gasteiger partial charge >= 0.3 is 39.5 Å². The highest BCUT2D eigenvalue weighted by Crippen LogP contribution is 2.45. The standard InChI is InChI=1S/C65H126O17P2/c1-6-10-13-16-19-21-23-25-27-29-31-34-40-45-50-64(69)81-60(55-76-63(68)49-44-39-33-30-28-26-24-22-20-17-14-11-7-2)56-79-83(71,72)77-52-59(66)53-78-84(73,74)80-57-61(54-75-62(67)48-43-38-32-18-15-12-8-3)82-65(70)51-46-41-36-35-37-42-47-58(5)9-4/h58-61,66H,6-57H2,1-5H3,(H,71,72)(H,73,74)/t58?,59-,60-,61-/m1/s1. The lowest BCUT2D eigenvalue weighted by Gasteiger charge is -2.21. The van der Waals surface area contributed by atoms with E-state index in [-0.39, 0.29) is 25.7 Å². The minimum absolute atomic E-state index is 0.103. The van der Waals surface area contributed by atoms with Crippen molar-refractivity contribution in [2.45, 2.75) is 348 Å². The third-order valence-corrected chi connectivity index (χ3v) is 17.3. The molecule has 0 spiro atoms. The molecule has 3 unspecified atom stereocenters. The molecule has 0 amide bonds. The molecule has 0 heterocycles. The maximum absolute atomic E-state index is 13.0. The van der Waals surface area contributed by atoms with E-state index in [0.29, 0.717) is 25.7 Å². The zero-order chi connectivity index (χ0) is 62.0. The normalized spacial score (nSPS) is 14.5. The van der Waals surface area contributed by atoms with Gasteiger partial charge in [-0.1, -0.05) is 279 Å². The van der Waals surface area contributed by atoms with Gasteiger partial charge in [0.25, 0.3) is 0 Å². The summed E-state index contributed by atoms with van der Waals surface area (Å²) in [5, 5.41) is 10.5. The lowest BCUT2D eigenvalue weighted by atomic mass is 10.00. The van der Waals surface area contributed by atoms with Crippen LogP contribution in [0.5, 0.6) is 0 Å². The fraction of sp³-hybridized carbons (Fsp3) is 0.938. The van der Waals surface area contributed by atoms with Gasteiger partial charge in [0.1, 0.15) is 19.3 Å². The van der Waals surface area contributed by atoms with Crippen molar-refractivity contribution in [3.8, 4) is 0 Å². The van der Waals surface area contributed by atoms with E-state index in [2.05, 4.69) is 34.6 Å². The molecule has 84 heavy (non-hydrogen) atoms. The minimum atomic E-state index is -4.94. The van der Waals surface area contributed by atoms with Crippen LogP contribution in [0.1, 0.15) is 330 Å². The second kappa shape index (κ2) is 58.7. The molecule has 6 atom stereocenters. The lowest BCUT2D eigenvalue weighted by Crippen LogP contribution is -2.30. The maximum Gasteiger partial charge on any atom is 0.472 e. The summed E-state index contributed by atoms with van der Waals surface area (Å²) >= 11 is 0. The Balaban J connectivity index is 5.22. The molecule has 0 saturated heterocycles. The molecule has 0 aromatic carbocycles. The second-order valence-electron chi connectivity index (χ2n) is 23.7. The van der Waals surface area contributed by atoms with E-state index >= 15 is 0 Å². The molecule has 498 valence electrons. The number of phosphoric ester groups is 2. The number of hydrogen-bond donors (Lipinski definition) is 3. The van der Waals surface area contributed by atoms with Gasteiger partial charge in [0.15, 0.2) is 12.2 Å². The van der Waals surface area contributed by atoms with E-state index < -0.39 is 97.5 Å². The molecule has 0 bridgehead atoms. The van der Waals surface area contributed by atoms with E-state index in [1.165, 1.54) is 141 Å². The Kier molecular flexibility index (Phi) is 57.4. The van der Waals surface area contributed by atoms with E-state index in [1.807, 2.05) is 0 Å². The summed E-state index contributed by atoms with van der Waals surface area (Å²) in [6, 6.07) is 0.